The van der Waals surface area contributed by atoms with Crippen LogP contribution in [0.2, 0.25) is 0 Å². The third-order valence-corrected chi connectivity index (χ3v) is 2.63. The van der Waals surface area contributed by atoms with Crippen LogP contribution in [-0.4, -0.2) is 18.0 Å². The van der Waals surface area contributed by atoms with E-state index in [9.17, 15) is 9.59 Å². The lowest BCUT2D eigenvalue weighted by Gasteiger charge is -2.18. The van der Waals surface area contributed by atoms with Crippen molar-refractivity contribution in [3.63, 3.8) is 0 Å². The molecular weight excluding hydrogens is 182 g/mol. The number of carbonyl (C=O) groups excluding carboxylic acids is 2. The van der Waals surface area contributed by atoms with Crippen LogP contribution in [0.5, 0.6) is 0 Å². The van der Waals surface area contributed by atoms with E-state index in [-0.39, 0.29) is 18.0 Å². The monoisotopic (exact) mass is 195 g/mol. The summed E-state index contributed by atoms with van der Waals surface area (Å²) in [6.07, 6.45) is 3.86. The summed E-state index contributed by atoms with van der Waals surface area (Å²) in [5.74, 6) is -0.585. The van der Waals surface area contributed by atoms with E-state index in [1.165, 1.54) is 6.92 Å². The summed E-state index contributed by atoms with van der Waals surface area (Å²) < 4.78 is 5.15. The van der Waals surface area contributed by atoms with Gasteiger partial charge < -0.3 is 10.1 Å². The normalized spacial score (nSPS) is 25.8. The molecule has 1 aliphatic carbocycles. The van der Waals surface area contributed by atoms with Gasteiger partial charge in [0.05, 0.1) is 0 Å². The van der Waals surface area contributed by atoms with Gasteiger partial charge in [0.1, 0.15) is 11.8 Å². The maximum Gasteiger partial charge on any atom is 0.355 e. The number of hydrogen-bond donors (Lipinski definition) is 1. The molecule has 2 aliphatic rings. The first-order valence-electron chi connectivity index (χ1n) is 4.90. The Hall–Kier alpha value is -1.32. The Morgan fingerprint density at radius 2 is 2.29 bits per heavy atom. The third-order valence-electron chi connectivity index (χ3n) is 2.63. The highest BCUT2D eigenvalue weighted by molar-refractivity contribution is 5.96. The van der Waals surface area contributed by atoms with Crippen LogP contribution in [0.15, 0.2) is 11.3 Å². The van der Waals surface area contributed by atoms with E-state index in [2.05, 4.69) is 5.32 Å². The van der Waals surface area contributed by atoms with Crippen LogP contribution in [-0.2, 0) is 14.3 Å². The molecular formula is C10H13NO3. The van der Waals surface area contributed by atoms with Crippen molar-refractivity contribution in [2.45, 2.75) is 38.7 Å². The summed E-state index contributed by atoms with van der Waals surface area (Å²) in [4.78, 5) is 22.2. The van der Waals surface area contributed by atoms with Crippen molar-refractivity contribution >= 4 is 11.9 Å². The lowest BCUT2D eigenvalue weighted by Crippen LogP contribution is -2.24. The predicted molar refractivity (Wildman–Crippen MR) is 49.2 cm³/mol. The lowest BCUT2D eigenvalue weighted by atomic mass is 9.92. The van der Waals surface area contributed by atoms with Crippen LogP contribution in [0.25, 0.3) is 0 Å². The van der Waals surface area contributed by atoms with Crippen LogP contribution < -0.4 is 5.32 Å². The molecule has 0 spiro atoms. The van der Waals surface area contributed by atoms with Gasteiger partial charge in [-0.3, -0.25) is 4.79 Å². The van der Waals surface area contributed by atoms with E-state index in [1.807, 2.05) is 0 Å². The number of esters is 1. The Morgan fingerprint density at radius 3 is 3.00 bits per heavy atom. The Kier molecular flexibility index (Phi) is 2.27. The van der Waals surface area contributed by atoms with Crippen LogP contribution in [0.4, 0.5) is 0 Å². The fourth-order valence-corrected chi connectivity index (χ4v) is 2.02. The zero-order valence-corrected chi connectivity index (χ0v) is 8.13. The summed E-state index contributed by atoms with van der Waals surface area (Å²) >= 11 is 0. The second-order valence-electron chi connectivity index (χ2n) is 3.72. The van der Waals surface area contributed by atoms with Gasteiger partial charge in [-0.15, -0.1) is 0 Å². The average molecular weight is 195 g/mol. The first kappa shape index (κ1) is 9.24. The van der Waals surface area contributed by atoms with Crippen molar-refractivity contribution in [2.75, 3.05) is 0 Å². The number of carbonyl (C=O) groups is 2. The molecule has 0 aromatic heterocycles. The van der Waals surface area contributed by atoms with Crippen LogP contribution in [0.3, 0.4) is 0 Å². The molecule has 0 bridgehead atoms. The molecule has 1 aliphatic heterocycles. The van der Waals surface area contributed by atoms with E-state index in [0.29, 0.717) is 5.70 Å². The molecule has 0 radical (unpaired) electrons. The first-order chi connectivity index (χ1) is 6.68. The molecule has 0 aromatic rings. The lowest BCUT2D eigenvalue weighted by molar-refractivity contribution is -0.141. The molecule has 4 heteroatoms. The predicted octanol–water partition coefficient (Wildman–Crippen LogP) is 0.876. The van der Waals surface area contributed by atoms with Crippen molar-refractivity contribution in [3.05, 3.63) is 11.3 Å². The Bertz CT molecular complexity index is 319. The van der Waals surface area contributed by atoms with Gasteiger partial charge >= 0.3 is 5.97 Å². The smallest absolute Gasteiger partial charge is 0.355 e. The molecule has 0 unspecified atom stereocenters. The van der Waals surface area contributed by atoms with Gasteiger partial charge in [0.2, 0.25) is 5.91 Å². The molecule has 1 heterocycles. The van der Waals surface area contributed by atoms with Gasteiger partial charge in [-0.25, -0.2) is 4.79 Å². The van der Waals surface area contributed by atoms with Gasteiger partial charge in [-0.2, -0.15) is 0 Å². The molecule has 2 rings (SSSR count). The summed E-state index contributed by atoms with van der Waals surface area (Å²) in [6, 6.07) is 0. The van der Waals surface area contributed by atoms with Crippen molar-refractivity contribution in [2.24, 2.45) is 0 Å². The van der Waals surface area contributed by atoms with Gasteiger partial charge in [0, 0.05) is 12.5 Å². The minimum absolute atomic E-state index is 0.0712. The average Bonchev–Trinajstić information content (AvgIpc) is 2.43. The molecule has 1 N–H and O–H groups in total. The largest absolute Gasteiger partial charge is 0.453 e. The van der Waals surface area contributed by atoms with Crippen LogP contribution in [0.1, 0.15) is 32.6 Å². The Balaban J connectivity index is 2.24. The number of amides is 1. The topological polar surface area (TPSA) is 55.4 Å². The Morgan fingerprint density at radius 1 is 1.50 bits per heavy atom. The number of fused-ring (bicyclic) bond motifs is 1. The molecule has 76 valence electrons. The fourth-order valence-electron chi connectivity index (χ4n) is 2.02. The number of hydrogen-bond acceptors (Lipinski definition) is 3. The van der Waals surface area contributed by atoms with Gasteiger partial charge in [-0.1, -0.05) is 0 Å². The number of ether oxygens (including phenoxy) is 1. The zero-order chi connectivity index (χ0) is 10.1. The molecule has 1 fully saturated rings. The van der Waals surface area contributed by atoms with Crippen LogP contribution in [0, 0.1) is 0 Å². The summed E-state index contributed by atoms with van der Waals surface area (Å²) in [5.41, 5.74) is 1.37. The van der Waals surface area contributed by atoms with Gasteiger partial charge in [0.15, 0.2) is 0 Å². The minimum atomic E-state index is -0.373. The molecule has 1 amide bonds. The second-order valence-corrected chi connectivity index (χ2v) is 3.72. The summed E-state index contributed by atoms with van der Waals surface area (Å²) in [7, 11) is 0. The van der Waals surface area contributed by atoms with Crippen molar-refractivity contribution in [1.29, 1.82) is 0 Å². The summed E-state index contributed by atoms with van der Waals surface area (Å²) in [6.45, 7) is 1.40. The SMILES string of the molecule is CC(=O)NC1=C2CCCC[C@@H]2OC1=O. The molecule has 1 saturated carbocycles. The van der Waals surface area contributed by atoms with Gasteiger partial charge in [0.25, 0.3) is 0 Å². The summed E-state index contributed by atoms with van der Waals surface area (Å²) in [5, 5.41) is 2.56. The highest BCUT2D eigenvalue weighted by atomic mass is 16.5. The Labute approximate surface area is 82.3 Å². The minimum Gasteiger partial charge on any atom is -0.453 e. The maximum absolute atomic E-state index is 11.4. The highest BCUT2D eigenvalue weighted by Crippen LogP contribution is 2.33. The molecule has 1 atom stereocenters. The molecule has 0 saturated heterocycles. The maximum atomic E-state index is 11.4. The standard InChI is InChI=1S/C10H13NO3/c1-6(12)11-9-7-4-2-3-5-8(7)14-10(9)13/h8H,2-5H2,1H3,(H,11,12)/t8-/m0/s1. The van der Waals surface area contributed by atoms with Gasteiger partial charge in [-0.05, 0) is 25.7 Å². The highest BCUT2D eigenvalue weighted by Gasteiger charge is 2.35. The quantitative estimate of drug-likeness (QED) is 0.632. The third kappa shape index (κ3) is 1.52. The fraction of sp³-hybridized carbons (Fsp3) is 0.600. The molecule has 14 heavy (non-hydrogen) atoms. The van der Waals surface area contributed by atoms with E-state index in [0.717, 1.165) is 31.3 Å². The van der Waals surface area contributed by atoms with Crippen molar-refractivity contribution < 1.29 is 14.3 Å². The number of rotatable bonds is 1. The second kappa shape index (κ2) is 3.44. The van der Waals surface area contributed by atoms with E-state index >= 15 is 0 Å². The van der Waals surface area contributed by atoms with Crippen molar-refractivity contribution in [3.8, 4) is 0 Å². The van der Waals surface area contributed by atoms with E-state index in [1.54, 1.807) is 0 Å². The van der Waals surface area contributed by atoms with E-state index < -0.39 is 0 Å². The first-order valence-corrected chi connectivity index (χ1v) is 4.90. The molecule has 0 aromatic carbocycles. The zero-order valence-electron chi connectivity index (χ0n) is 8.13. The van der Waals surface area contributed by atoms with Crippen molar-refractivity contribution in [1.82, 2.24) is 5.32 Å². The number of nitrogens with one attached hydrogen (secondary N) is 1. The molecule has 4 nitrogen and oxygen atoms in total. The van der Waals surface area contributed by atoms with E-state index in [4.69, 9.17) is 4.74 Å². The van der Waals surface area contributed by atoms with Crippen LogP contribution >= 0.6 is 0 Å².